The van der Waals surface area contributed by atoms with Crippen molar-refractivity contribution in [1.82, 2.24) is 35.1 Å². The molecule has 142 valence electrons. The summed E-state index contributed by atoms with van der Waals surface area (Å²) in [6.45, 7) is 0. The number of para-hydroxylation sites is 1. The first-order chi connectivity index (χ1) is 14.9. The van der Waals surface area contributed by atoms with Crippen LogP contribution in [0.4, 0.5) is 0 Å². The monoisotopic (exact) mass is 389 g/mol. The van der Waals surface area contributed by atoms with Crippen LogP contribution in [-0.2, 0) is 0 Å². The number of H-pyrrole nitrogens is 2. The molecule has 5 heterocycles. The molecule has 0 atom stereocenters. The van der Waals surface area contributed by atoms with Crippen LogP contribution in [0.25, 0.3) is 55.8 Å². The van der Waals surface area contributed by atoms with E-state index < -0.39 is 0 Å². The molecule has 2 N–H and O–H groups in total. The zero-order valence-electron chi connectivity index (χ0n) is 15.7. The molecule has 5 aromatic heterocycles. The van der Waals surface area contributed by atoms with Crippen LogP contribution in [0, 0.1) is 0 Å². The highest BCUT2D eigenvalue weighted by Gasteiger charge is 2.16. The number of aromatic nitrogens is 7. The Hall–Kier alpha value is -4.39. The van der Waals surface area contributed by atoms with Gasteiger partial charge in [0.1, 0.15) is 5.69 Å². The van der Waals surface area contributed by atoms with Crippen molar-refractivity contribution in [1.29, 1.82) is 0 Å². The van der Waals surface area contributed by atoms with Gasteiger partial charge in [0.05, 0.1) is 28.4 Å². The van der Waals surface area contributed by atoms with Gasteiger partial charge < -0.3 is 4.98 Å². The van der Waals surface area contributed by atoms with Crippen molar-refractivity contribution in [3.8, 4) is 33.9 Å². The third kappa shape index (κ3) is 2.64. The number of pyridine rings is 3. The van der Waals surface area contributed by atoms with Gasteiger partial charge >= 0.3 is 0 Å². The Kier molecular flexibility index (Phi) is 3.64. The smallest absolute Gasteiger partial charge is 0.159 e. The van der Waals surface area contributed by atoms with E-state index in [9.17, 15) is 0 Å². The van der Waals surface area contributed by atoms with E-state index in [2.05, 4.69) is 36.2 Å². The molecule has 30 heavy (non-hydrogen) atoms. The Balaban J connectivity index is 1.52. The maximum absolute atomic E-state index is 4.89. The average molecular weight is 389 g/mol. The molecular weight excluding hydrogens is 374 g/mol. The van der Waals surface area contributed by atoms with Crippen LogP contribution in [0.1, 0.15) is 0 Å². The number of hydrogen-bond donors (Lipinski definition) is 2. The number of benzene rings is 1. The summed E-state index contributed by atoms with van der Waals surface area (Å²) in [4.78, 5) is 21.2. The van der Waals surface area contributed by atoms with Crippen LogP contribution < -0.4 is 0 Å². The first-order valence-corrected chi connectivity index (χ1v) is 9.51. The zero-order valence-corrected chi connectivity index (χ0v) is 15.7. The normalized spacial score (nSPS) is 11.3. The van der Waals surface area contributed by atoms with Gasteiger partial charge in [0, 0.05) is 46.9 Å². The van der Waals surface area contributed by atoms with E-state index in [0.717, 1.165) is 50.0 Å². The molecule has 0 fully saturated rings. The van der Waals surface area contributed by atoms with Crippen molar-refractivity contribution in [2.75, 3.05) is 0 Å². The highest BCUT2D eigenvalue weighted by Crippen LogP contribution is 2.32. The largest absolute Gasteiger partial charge is 0.337 e. The van der Waals surface area contributed by atoms with E-state index in [1.807, 2.05) is 48.7 Å². The number of imidazole rings is 1. The van der Waals surface area contributed by atoms with Crippen LogP contribution in [-0.4, -0.2) is 35.1 Å². The van der Waals surface area contributed by atoms with Crippen LogP contribution in [0.2, 0.25) is 0 Å². The van der Waals surface area contributed by atoms with Gasteiger partial charge in [-0.3, -0.25) is 20.1 Å². The number of fused-ring (bicyclic) bond motifs is 2. The van der Waals surface area contributed by atoms with E-state index in [1.54, 1.807) is 24.8 Å². The number of hydrogen-bond acceptors (Lipinski definition) is 5. The predicted octanol–water partition coefficient (Wildman–Crippen LogP) is 4.63. The molecular formula is C23H15N7. The molecule has 0 aliphatic rings. The Morgan fingerprint density at radius 3 is 2.57 bits per heavy atom. The van der Waals surface area contributed by atoms with Crippen LogP contribution >= 0.6 is 0 Å². The van der Waals surface area contributed by atoms with Crippen molar-refractivity contribution >= 4 is 21.9 Å². The second-order valence-electron chi connectivity index (χ2n) is 6.95. The SMILES string of the molecule is c1cncc(-c2cccc3[nH]c(-c4n[nH]c5cnc(-c6ccncc6)cc45)nc23)c1. The van der Waals surface area contributed by atoms with Gasteiger partial charge in [-0.25, -0.2) is 4.98 Å². The predicted molar refractivity (Wildman–Crippen MR) is 115 cm³/mol. The minimum Gasteiger partial charge on any atom is -0.337 e. The van der Waals surface area contributed by atoms with E-state index in [1.165, 1.54) is 0 Å². The summed E-state index contributed by atoms with van der Waals surface area (Å²) in [5.41, 5.74) is 7.37. The van der Waals surface area contributed by atoms with Crippen molar-refractivity contribution in [3.05, 3.63) is 79.5 Å². The molecule has 7 heteroatoms. The molecule has 0 saturated heterocycles. The van der Waals surface area contributed by atoms with E-state index >= 15 is 0 Å². The van der Waals surface area contributed by atoms with Gasteiger partial charge in [0.2, 0.25) is 0 Å². The standard InChI is InChI=1S/C23H15N7/c1-4-16(15-3-2-8-25-12-15)21-18(5-1)27-23(28-21)22-17-11-19(14-6-9-24-10-7-14)26-13-20(17)29-30-22/h1-13H,(H,27,28)(H,29,30). The summed E-state index contributed by atoms with van der Waals surface area (Å²) in [5.74, 6) is 0.708. The molecule has 0 aliphatic carbocycles. The molecule has 0 aliphatic heterocycles. The van der Waals surface area contributed by atoms with Gasteiger partial charge in [-0.1, -0.05) is 18.2 Å². The average Bonchev–Trinajstić information content (AvgIpc) is 3.43. The van der Waals surface area contributed by atoms with Gasteiger partial charge in [-0.2, -0.15) is 5.10 Å². The Bertz CT molecular complexity index is 1480. The number of aromatic amines is 2. The summed E-state index contributed by atoms with van der Waals surface area (Å²) >= 11 is 0. The van der Waals surface area contributed by atoms with Crippen molar-refractivity contribution in [2.24, 2.45) is 0 Å². The summed E-state index contributed by atoms with van der Waals surface area (Å²) in [5, 5.41) is 8.53. The van der Waals surface area contributed by atoms with Crippen molar-refractivity contribution in [3.63, 3.8) is 0 Å². The minimum absolute atomic E-state index is 0.708. The minimum atomic E-state index is 0.708. The highest BCUT2D eigenvalue weighted by atomic mass is 15.1. The maximum atomic E-state index is 4.89. The second-order valence-corrected chi connectivity index (χ2v) is 6.95. The molecule has 0 unspecified atom stereocenters. The topological polar surface area (TPSA) is 96.0 Å². The van der Waals surface area contributed by atoms with Crippen molar-refractivity contribution < 1.29 is 0 Å². The van der Waals surface area contributed by atoms with Crippen molar-refractivity contribution in [2.45, 2.75) is 0 Å². The maximum Gasteiger partial charge on any atom is 0.159 e. The van der Waals surface area contributed by atoms with E-state index in [0.29, 0.717) is 5.82 Å². The lowest BCUT2D eigenvalue weighted by Crippen LogP contribution is -1.85. The fourth-order valence-corrected chi connectivity index (χ4v) is 3.68. The first-order valence-electron chi connectivity index (χ1n) is 9.51. The molecule has 0 bridgehead atoms. The van der Waals surface area contributed by atoms with E-state index in [-0.39, 0.29) is 0 Å². The van der Waals surface area contributed by atoms with Crippen LogP contribution in [0.5, 0.6) is 0 Å². The quantitative estimate of drug-likeness (QED) is 0.460. The highest BCUT2D eigenvalue weighted by molar-refractivity contribution is 5.97. The fraction of sp³-hybridized carbons (Fsp3) is 0. The number of rotatable bonds is 3. The molecule has 0 radical (unpaired) electrons. The summed E-state index contributed by atoms with van der Waals surface area (Å²) in [6.07, 6.45) is 8.93. The lowest BCUT2D eigenvalue weighted by atomic mass is 10.1. The molecule has 0 amide bonds. The number of nitrogens with one attached hydrogen (secondary N) is 2. The molecule has 6 aromatic rings. The fourth-order valence-electron chi connectivity index (χ4n) is 3.68. The van der Waals surface area contributed by atoms with Gasteiger partial charge in [0.15, 0.2) is 5.82 Å². The Morgan fingerprint density at radius 2 is 1.70 bits per heavy atom. The molecule has 0 spiro atoms. The summed E-state index contributed by atoms with van der Waals surface area (Å²) in [6, 6.07) is 16.0. The first kappa shape index (κ1) is 16.6. The Labute approximate surface area is 170 Å². The second kappa shape index (κ2) is 6.59. The third-order valence-corrected chi connectivity index (χ3v) is 5.13. The van der Waals surface area contributed by atoms with Crippen LogP contribution in [0.3, 0.4) is 0 Å². The molecule has 7 nitrogen and oxygen atoms in total. The van der Waals surface area contributed by atoms with Gasteiger partial charge in [0.25, 0.3) is 0 Å². The van der Waals surface area contributed by atoms with Gasteiger partial charge in [-0.05, 0) is 30.3 Å². The molecule has 0 saturated carbocycles. The lowest BCUT2D eigenvalue weighted by molar-refractivity contribution is 1.10. The summed E-state index contributed by atoms with van der Waals surface area (Å²) in [7, 11) is 0. The van der Waals surface area contributed by atoms with E-state index in [4.69, 9.17) is 4.98 Å². The van der Waals surface area contributed by atoms with Gasteiger partial charge in [-0.15, -0.1) is 0 Å². The Morgan fingerprint density at radius 1 is 0.767 bits per heavy atom. The summed E-state index contributed by atoms with van der Waals surface area (Å²) < 4.78 is 0. The third-order valence-electron chi connectivity index (χ3n) is 5.13. The number of nitrogens with zero attached hydrogens (tertiary/aromatic N) is 5. The zero-order chi connectivity index (χ0) is 19.9. The van der Waals surface area contributed by atoms with Crippen LogP contribution in [0.15, 0.2) is 79.5 Å². The lowest BCUT2D eigenvalue weighted by Gasteiger charge is -2.01. The molecule has 1 aromatic carbocycles. The molecule has 6 rings (SSSR count).